The van der Waals surface area contributed by atoms with E-state index >= 15 is 0 Å². The van der Waals surface area contributed by atoms with E-state index < -0.39 is 0 Å². The van der Waals surface area contributed by atoms with E-state index in [0.717, 1.165) is 17.0 Å². The lowest BCUT2D eigenvalue weighted by atomic mass is 10.1. The van der Waals surface area contributed by atoms with E-state index in [1.54, 1.807) is 6.92 Å². The van der Waals surface area contributed by atoms with Crippen LogP contribution in [0, 0.1) is 13.8 Å². The van der Waals surface area contributed by atoms with Gasteiger partial charge in [0.05, 0.1) is 25.1 Å². The smallest absolute Gasteiger partial charge is 0.307 e. The first kappa shape index (κ1) is 14.2. The van der Waals surface area contributed by atoms with E-state index in [9.17, 15) is 9.59 Å². The van der Waals surface area contributed by atoms with Gasteiger partial charge in [0.25, 0.3) is 0 Å². The minimum atomic E-state index is -0.298. The summed E-state index contributed by atoms with van der Waals surface area (Å²) < 4.78 is 4.76. The molecular weight excluding hydrogens is 234 g/mol. The molecule has 1 aromatic heterocycles. The molecule has 6 nitrogen and oxygen atoms in total. The third kappa shape index (κ3) is 4.20. The Morgan fingerprint density at radius 2 is 2.11 bits per heavy atom. The lowest BCUT2D eigenvalue weighted by molar-refractivity contribution is -0.143. The summed E-state index contributed by atoms with van der Waals surface area (Å²) in [7, 11) is 0. The molecule has 100 valence electrons. The van der Waals surface area contributed by atoms with E-state index in [4.69, 9.17) is 4.74 Å². The number of aryl methyl sites for hydroxylation is 2. The highest BCUT2D eigenvalue weighted by molar-refractivity contribution is 5.79. The predicted octanol–water partition coefficient (Wildman–Crippen LogP) is 0.638. The molecule has 6 heteroatoms. The van der Waals surface area contributed by atoms with Gasteiger partial charge in [0.1, 0.15) is 0 Å². The fourth-order valence-electron chi connectivity index (χ4n) is 1.59. The Morgan fingerprint density at radius 3 is 2.67 bits per heavy atom. The molecule has 2 N–H and O–H groups in total. The molecule has 0 atom stereocenters. The fraction of sp³-hybridized carbons (Fsp3) is 0.583. The zero-order valence-corrected chi connectivity index (χ0v) is 11.0. The summed E-state index contributed by atoms with van der Waals surface area (Å²) in [6.07, 6.45) is 0.472. The normalized spacial score (nSPS) is 10.2. The molecule has 0 saturated heterocycles. The minimum absolute atomic E-state index is 0.119. The molecule has 0 unspecified atom stereocenters. The number of hydrogen-bond donors (Lipinski definition) is 2. The summed E-state index contributed by atoms with van der Waals surface area (Å²) >= 11 is 0. The maximum absolute atomic E-state index is 11.6. The zero-order valence-electron chi connectivity index (χ0n) is 11.0. The number of amides is 1. The Balaban J connectivity index is 2.32. The van der Waals surface area contributed by atoms with E-state index in [-0.39, 0.29) is 24.7 Å². The number of hydrogen-bond acceptors (Lipinski definition) is 4. The van der Waals surface area contributed by atoms with Crippen molar-refractivity contribution in [2.45, 2.75) is 33.6 Å². The summed E-state index contributed by atoms with van der Waals surface area (Å²) in [5, 5.41) is 9.54. The lowest BCUT2D eigenvalue weighted by Gasteiger charge is -2.05. The molecule has 1 aromatic rings. The van der Waals surface area contributed by atoms with Crippen molar-refractivity contribution in [3.63, 3.8) is 0 Å². The Labute approximate surface area is 106 Å². The number of carbonyl (C=O) groups excluding carboxylic acids is 2. The largest absolute Gasteiger partial charge is 0.466 e. The maximum Gasteiger partial charge on any atom is 0.307 e. The highest BCUT2D eigenvalue weighted by Crippen LogP contribution is 2.09. The molecule has 0 aliphatic carbocycles. The van der Waals surface area contributed by atoms with Crippen LogP contribution < -0.4 is 5.32 Å². The highest BCUT2D eigenvalue weighted by Gasteiger charge is 2.11. The fourth-order valence-corrected chi connectivity index (χ4v) is 1.59. The van der Waals surface area contributed by atoms with Gasteiger partial charge in [-0.3, -0.25) is 14.7 Å². The average molecular weight is 253 g/mol. The quantitative estimate of drug-likeness (QED) is 0.729. The number of nitrogens with zero attached hydrogens (tertiary/aromatic N) is 1. The first-order valence-corrected chi connectivity index (χ1v) is 5.97. The van der Waals surface area contributed by atoms with Crippen molar-refractivity contribution in [1.29, 1.82) is 0 Å². The van der Waals surface area contributed by atoms with Crippen LogP contribution in [0.5, 0.6) is 0 Å². The molecule has 0 fully saturated rings. The zero-order chi connectivity index (χ0) is 13.5. The van der Waals surface area contributed by atoms with E-state index in [2.05, 4.69) is 15.5 Å². The first-order valence-electron chi connectivity index (χ1n) is 5.97. The number of rotatable bonds is 6. The molecule has 1 heterocycles. The first-order chi connectivity index (χ1) is 8.54. The van der Waals surface area contributed by atoms with Gasteiger partial charge in [-0.2, -0.15) is 5.10 Å². The number of aromatic amines is 1. The van der Waals surface area contributed by atoms with Crippen molar-refractivity contribution < 1.29 is 14.3 Å². The van der Waals surface area contributed by atoms with Crippen LogP contribution in [-0.4, -0.2) is 35.2 Å². The van der Waals surface area contributed by atoms with Gasteiger partial charge < -0.3 is 10.1 Å². The van der Waals surface area contributed by atoms with Gasteiger partial charge in [-0.1, -0.05) is 0 Å². The molecule has 0 bridgehead atoms. The molecule has 0 aliphatic rings. The lowest BCUT2D eigenvalue weighted by Crippen LogP contribution is -2.28. The number of H-pyrrole nitrogens is 1. The molecule has 0 aromatic carbocycles. The van der Waals surface area contributed by atoms with Crippen molar-refractivity contribution in [3.05, 3.63) is 17.0 Å². The second kappa shape index (κ2) is 6.78. The topological polar surface area (TPSA) is 84.1 Å². The van der Waals surface area contributed by atoms with Gasteiger partial charge >= 0.3 is 5.97 Å². The van der Waals surface area contributed by atoms with Crippen LogP contribution in [0.3, 0.4) is 0 Å². The number of nitrogens with one attached hydrogen (secondary N) is 2. The maximum atomic E-state index is 11.6. The summed E-state index contributed by atoms with van der Waals surface area (Å²) in [5.41, 5.74) is 2.63. The molecule has 1 rings (SSSR count). The van der Waals surface area contributed by atoms with Crippen LogP contribution in [0.4, 0.5) is 0 Å². The molecule has 0 saturated carbocycles. The van der Waals surface area contributed by atoms with Crippen molar-refractivity contribution in [1.82, 2.24) is 15.5 Å². The number of aromatic nitrogens is 2. The predicted molar refractivity (Wildman–Crippen MR) is 66.0 cm³/mol. The van der Waals surface area contributed by atoms with E-state index in [1.807, 2.05) is 13.8 Å². The van der Waals surface area contributed by atoms with Crippen molar-refractivity contribution in [2.75, 3.05) is 13.2 Å². The number of ether oxygens (including phenoxy) is 1. The second-order valence-corrected chi connectivity index (χ2v) is 3.99. The van der Waals surface area contributed by atoms with Crippen LogP contribution >= 0.6 is 0 Å². The summed E-state index contributed by atoms with van der Waals surface area (Å²) in [6, 6.07) is 0. The summed E-state index contributed by atoms with van der Waals surface area (Å²) in [5.74, 6) is -0.416. The minimum Gasteiger partial charge on any atom is -0.466 e. The van der Waals surface area contributed by atoms with Crippen LogP contribution in [-0.2, 0) is 20.7 Å². The molecule has 18 heavy (non-hydrogen) atoms. The summed E-state index contributed by atoms with van der Waals surface area (Å²) in [4.78, 5) is 22.7. The van der Waals surface area contributed by atoms with Crippen molar-refractivity contribution in [3.8, 4) is 0 Å². The molecule has 1 amide bonds. The summed E-state index contributed by atoms with van der Waals surface area (Å²) in [6.45, 7) is 6.14. The third-order valence-electron chi connectivity index (χ3n) is 2.57. The Morgan fingerprint density at radius 1 is 1.39 bits per heavy atom. The Hall–Kier alpha value is -1.85. The SMILES string of the molecule is CCOC(=O)CCNC(=O)Cc1c(C)n[nH]c1C. The van der Waals surface area contributed by atoms with Crippen LogP contribution in [0.15, 0.2) is 0 Å². The third-order valence-corrected chi connectivity index (χ3v) is 2.57. The van der Waals surface area contributed by atoms with Gasteiger partial charge in [-0.05, 0) is 20.8 Å². The van der Waals surface area contributed by atoms with Gasteiger partial charge in [0.15, 0.2) is 0 Å². The van der Waals surface area contributed by atoms with Crippen LogP contribution in [0.2, 0.25) is 0 Å². The molecular formula is C12H19N3O3. The number of esters is 1. The Bertz CT molecular complexity index is 407. The standard InChI is InChI=1S/C12H19N3O3/c1-4-18-12(17)5-6-13-11(16)7-10-8(2)14-15-9(10)3/h4-7H2,1-3H3,(H,13,16)(H,14,15). The van der Waals surface area contributed by atoms with Gasteiger partial charge in [0.2, 0.25) is 5.91 Å². The van der Waals surface area contributed by atoms with Crippen LogP contribution in [0.1, 0.15) is 30.3 Å². The van der Waals surface area contributed by atoms with Gasteiger partial charge in [0, 0.05) is 17.8 Å². The molecule has 0 spiro atoms. The van der Waals surface area contributed by atoms with E-state index in [0.29, 0.717) is 13.2 Å². The monoisotopic (exact) mass is 253 g/mol. The van der Waals surface area contributed by atoms with Crippen molar-refractivity contribution >= 4 is 11.9 Å². The molecule has 0 radical (unpaired) electrons. The van der Waals surface area contributed by atoms with Crippen molar-refractivity contribution in [2.24, 2.45) is 0 Å². The molecule has 0 aliphatic heterocycles. The average Bonchev–Trinajstić information content (AvgIpc) is 2.61. The Kier molecular flexibility index (Phi) is 5.35. The van der Waals surface area contributed by atoms with Gasteiger partial charge in [-0.15, -0.1) is 0 Å². The van der Waals surface area contributed by atoms with Crippen LogP contribution in [0.25, 0.3) is 0 Å². The van der Waals surface area contributed by atoms with Gasteiger partial charge in [-0.25, -0.2) is 0 Å². The van der Waals surface area contributed by atoms with E-state index in [1.165, 1.54) is 0 Å². The number of carbonyl (C=O) groups is 2. The highest BCUT2D eigenvalue weighted by atomic mass is 16.5. The second-order valence-electron chi connectivity index (χ2n) is 3.99.